The van der Waals surface area contributed by atoms with Gasteiger partial charge in [-0.15, -0.1) is 10.2 Å². The zero-order valence-corrected chi connectivity index (χ0v) is 16.7. The van der Waals surface area contributed by atoms with Gasteiger partial charge in [-0.25, -0.2) is 4.39 Å². The number of likely N-dealkylation sites (tertiary alicyclic amines) is 1. The van der Waals surface area contributed by atoms with Crippen LogP contribution in [0.1, 0.15) is 48.5 Å². The smallest absolute Gasteiger partial charge is 0.293 e. The van der Waals surface area contributed by atoms with E-state index < -0.39 is 0 Å². The second-order valence-electron chi connectivity index (χ2n) is 8.96. The molecule has 3 heterocycles. The van der Waals surface area contributed by atoms with Crippen LogP contribution >= 0.6 is 0 Å². The van der Waals surface area contributed by atoms with Crippen molar-refractivity contribution in [3.63, 3.8) is 0 Å². The number of halogens is 1. The summed E-state index contributed by atoms with van der Waals surface area (Å²) < 4.78 is 15.4. The van der Waals surface area contributed by atoms with E-state index in [-0.39, 0.29) is 11.7 Å². The van der Waals surface area contributed by atoms with Gasteiger partial charge in [0, 0.05) is 38.3 Å². The zero-order valence-electron chi connectivity index (χ0n) is 16.7. The lowest BCUT2D eigenvalue weighted by Gasteiger charge is -2.26. The third-order valence-electron chi connectivity index (χ3n) is 6.87. The van der Waals surface area contributed by atoms with E-state index in [9.17, 15) is 9.18 Å². The van der Waals surface area contributed by atoms with Crippen molar-refractivity contribution in [2.75, 3.05) is 25.0 Å². The zero-order chi connectivity index (χ0) is 19.8. The first-order valence-corrected chi connectivity index (χ1v) is 10.9. The van der Waals surface area contributed by atoms with Crippen LogP contribution < -0.4 is 5.32 Å². The molecule has 1 aromatic heterocycles. The van der Waals surface area contributed by atoms with Crippen LogP contribution in [0.2, 0.25) is 0 Å². The monoisotopic (exact) mass is 397 g/mol. The number of nitrogens with zero attached hydrogens (tertiary/aromatic N) is 4. The number of carbonyl (C=O) groups excluding carboxylic acids is 1. The second kappa shape index (κ2) is 7.86. The summed E-state index contributed by atoms with van der Waals surface area (Å²) >= 11 is 0. The minimum atomic E-state index is -0.377. The van der Waals surface area contributed by atoms with Gasteiger partial charge in [0.1, 0.15) is 11.6 Å². The maximum Gasteiger partial charge on any atom is 0.293 e. The van der Waals surface area contributed by atoms with E-state index in [0.29, 0.717) is 23.3 Å². The van der Waals surface area contributed by atoms with Crippen molar-refractivity contribution in [3.8, 4) is 0 Å². The van der Waals surface area contributed by atoms with Gasteiger partial charge in [-0.2, -0.15) is 0 Å². The minimum Gasteiger partial charge on any atom is -0.319 e. The summed E-state index contributed by atoms with van der Waals surface area (Å²) in [6.07, 6.45) is 7.80. The Kier molecular flexibility index (Phi) is 5.08. The molecule has 1 saturated heterocycles. The molecule has 5 rings (SSSR count). The van der Waals surface area contributed by atoms with Crippen LogP contribution in [0.15, 0.2) is 24.3 Å². The summed E-state index contributed by atoms with van der Waals surface area (Å²) in [5.41, 5.74) is 0.431. The molecule has 0 spiro atoms. The molecule has 2 fully saturated rings. The van der Waals surface area contributed by atoms with E-state index in [1.165, 1.54) is 50.8 Å². The molecule has 7 heteroatoms. The van der Waals surface area contributed by atoms with E-state index >= 15 is 0 Å². The minimum absolute atomic E-state index is 0.327. The number of rotatable bonds is 4. The van der Waals surface area contributed by atoms with Crippen molar-refractivity contribution >= 4 is 11.6 Å². The Hall–Kier alpha value is -2.28. The van der Waals surface area contributed by atoms with Crippen LogP contribution in [-0.2, 0) is 13.0 Å². The number of nitrogens with one attached hydrogen (secondary N) is 1. The van der Waals surface area contributed by atoms with Crippen molar-refractivity contribution in [1.29, 1.82) is 0 Å². The Bertz CT molecular complexity index is 891. The van der Waals surface area contributed by atoms with Gasteiger partial charge in [-0.3, -0.25) is 4.79 Å². The highest BCUT2D eigenvalue weighted by molar-refractivity contribution is 6.01. The molecule has 29 heavy (non-hydrogen) atoms. The van der Waals surface area contributed by atoms with Crippen LogP contribution in [0, 0.1) is 23.6 Å². The molecule has 6 nitrogen and oxygen atoms in total. The summed E-state index contributed by atoms with van der Waals surface area (Å²) in [5, 5.41) is 11.2. The fourth-order valence-corrected chi connectivity index (χ4v) is 5.43. The van der Waals surface area contributed by atoms with Gasteiger partial charge in [-0.1, -0.05) is 25.3 Å². The number of anilines is 1. The second-order valence-corrected chi connectivity index (χ2v) is 8.96. The number of amides is 1. The van der Waals surface area contributed by atoms with Gasteiger partial charge in [0.05, 0.1) is 0 Å². The van der Waals surface area contributed by atoms with Crippen molar-refractivity contribution in [2.24, 2.45) is 17.8 Å². The number of benzene rings is 1. The normalized spacial score (nSPS) is 24.9. The fraction of sp³-hybridized carbons (Fsp3) is 0.591. The summed E-state index contributed by atoms with van der Waals surface area (Å²) in [7, 11) is 0. The predicted molar refractivity (Wildman–Crippen MR) is 108 cm³/mol. The fourth-order valence-electron chi connectivity index (χ4n) is 5.43. The Morgan fingerprint density at radius 3 is 2.76 bits per heavy atom. The van der Waals surface area contributed by atoms with Gasteiger partial charge >= 0.3 is 0 Å². The molecule has 1 aromatic carbocycles. The van der Waals surface area contributed by atoms with Gasteiger partial charge < -0.3 is 14.8 Å². The maximum atomic E-state index is 13.4. The van der Waals surface area contributed by atoms with Crippen LogP contribution in [0.5, 0.6) is 0 Å². The van der Waals surface area contributed by atoms with Crippen LogP contribution in [-0.4, -0.2) is 45.2 Å². The Labute approximate surface area is 170 Å². The molecule has 1 N–H and O–H groups in total. The summed E-state index contributed by atoms with van der Waals surface area (Å²) in [6, 6.07) is 5.91. The van der Waals surface area contributed by atoms with E-state index in [4.69, 9.17) is 0 Å². The van der Waals surface area contributed by atoms with Gasteiger partial charge in [0.25, 0.3) is 5.91 Å². The molecule has 1 amide bonds. The average molecular weight is 397 g/mol. The lowest BCUT2D eigenvalue weighted by molar-refractivity contribution is 0.100. The van der Waals surface area contributed by atoms with E-state index in [1.54, 1.807) is 12.1 Å². The van der Waals surface area contributed by atoms with Crippen LogP contribution in [0.4, 0.5) is 10.1 Å². The largest absolute Gasteiger partial charge is 0.319 e. The van der Waals surface area contributed by atoms with Crippen LogP contribution in [0.3, 0.4) is 0 Å². The molecule has 1 saturated carbocycles. The Balaban J connectivity index is 1.25. The number of carbonyl (C=O) groups is 1. The molecule has 0 radical (unpaired) electrons. The van der Waals surface area contributed by atoms with E-state index in [2.05, 4.69) is 20.4 Å². The molecule has 154 valence electrons. The van der Waals surface area contributed by atoms with E-state index in [1.807, 2.05) is 4.57 Å². The van der Waals surface area contributed by atoms with Crippen molar-refractivity contribution in [2.45, 2.75) is 45.1 Å². The lowest BCUT2D eigenvalue weighted by Crippen LogP contribution is -2.31. The standard InChI is InChI=1S/C22H28FN5O/c23-18-7-4-8-19(10-18)24-22(29)21-26-25-20-9-16-12-27(13-17(16)14-28(20)21)11-15-5-2-1-3-6-15/h4,7-8,10,15-17H,1-3,5-6,9,11-14H2,(H,24,29). The number of aromatic nitrogens is 3. The van der Waals surface area contributed by atoms with Crippen molar-refractivity contribution in [1.82, 2.24) is 19.7 Å². The van der Waals surface area contributed by atoms with Gasteiger partial charge in [0.15, 0.2) is 0 Å². The summed E-state index contributed by atoms with van der Waals surface area (Å²) in [5.74, 6) is 2.53. The third kappa shape index (κ3) is 3.92. The first kappa shape index (κ1) is 18.7. The SMILES string of the molecule is O=C(Nc1cccc(F)c1)c1nnc2n1CC1CN(CC3CCCCC3)CC1C2. The molecule has 2 aromatic rings. The number of hydrogen-bond donors (Lipinski definition) is 1. The highest BCUT2D eigenvalue weighted by Gasteiger charge is 2.39. The number of fused-ring (bicyclic) bond motifs is 2. The molecular formula is C22H28FN5O. The molecule has 1 aliphatic carbocycles. The third-order valence-corrected chi connectivity index (χ3v) is 6.87. The Morgan fingerprint density at radius 2 is 1.93 bits per heavy atom. The molecular weight excluding hydrogens is 369 g/mol. The van der Waals surface area contributed by atoms with Crippen LogP contribution in [0.25, 0.3) is 0 Å². The molecule has 2 atom stereocenters. The van der Waals surface area contributed by atoms with Gasteiger partial charge in [-0.05, 0) is 48.8 Å². The average Bonchev–Trinajstić information content (AvgIpc) is 3.29. The van der Waals surface area contributed by atoms with Crippen molar-refractivity contribution in [3.05, 3.63) is 41.7 Å². The molecule has 2 unspecified atom stereocenters. The summed E-state index contributed by atoms with van der Waals surface area (Å²) in [6.45, 7) is 4.25. The molecule has 3 aliphatic rings. The topological polar surface area (TPSA) is 63.1 Å². The first-order chi connectivity index (χ1) is 14.2. The Morgan fingerprint density at radius 1 is 1.10 bits per heavy atom. The van der Waals surface area contributed by atoms with Gasteiger partial charge in [0.2, 0.25) is 5.82 Å². The molecule has 0 bridgehead atoms. The highest BCUT2D eigenvalue weighted by Crippen LogP contribution is 2.34. The molecule has 2 aliphatic heterocycles. The number of hydrogen-bond acceptors (Lipinski definition) is 4. The predicted octanol–water partition coefficient (Wildman–Crippen LogP) is 3.35. The summed E-state index contributed by atoms with van der Waals surface area (Å²) in [4.78, 5) is 15.3. The van der Waals surface area contributed by atoms with Crippen molar-refractivity contribution < 1.29 is 9.18 Å². The first-order valence-electron chi connectivity index (χ1n) is 10.9. The lowest BCUT2D eigenvalue weighted by atomic mass is 9.89. The van der Waals surface area contributed by atoms with E-state index in [0.717, 1.165) is 37.8 Å². The highest BCUT2D eigenvalue weighted by atomic mass is 19.1. The maximum absolute atomic E-state index is 13.4. The quantitative estimate of drug-likeness (QED) is 0.859.